The van der Waals surface area contributed by atoms with E-state index in [0.29, 0.717) is 6.61 Å². The van der Waals surface area contributed by atoms with Gasteiger partial charge < -0.3 is 9.84 Å². The summed E-state index contributed by atoms with van der Waals surface area (Å²) in [7, 11) is 0. The van der Waals surface area contributed by atoms with Crippen molar-refractivity contribution in [1.82, 2.24) is 0 Å². The molecule has 1 aromatic carbocycles. The van der Waals surface area contributed by atoms with E-state index in [2.05, 4.69) is 0 Å². The predicted octanol–water partition coefficient (Wildman–Crippen LogP) is 1.75. The van der Waals surface area contributed by atoms with Gasteiger partial charge in [-0.25, -0.2) is 0 Å². The zero-order chi connectivity index (χ0) is 8.55. The van der Waals surface area contributed by atoms with E-state index in [9.17, 15) is 5.11 Å². The van der Waals surface area contributed by atoms with E-state index < -0.39 is 0 Å². The molecule has 1 aromatic rings. The Bertz CT molecular complexity index is 283. The molecule has 0 aromatic heterocycles. The third-order valence-electron chi connectivity index (χ3n) is 2.28. The number of para-hydroxylation sites is 1. The number of ether oxygens (including phenoxy) is 1. The second kappa shape index (κ2) is 2.79. The summed E-state index contributed by atoms with van der Waals surface area (Å²) in [6, 6.07) is 7.64. The fourth-order valence-electron chi connectivity index (χ4n) is 1.48. The molecule has 0 bridgehead atoms. The Balaban J connectivity index is 2.42. The van der Waals surface area contributed by atoms with E-state index in [-0.39, 0.29) is 12.0 Å². The van der Waals surface area contributed by atoms with Gasteiger partial charge >= 0.3 is 0 Å². The maximum atomic E-state index is 9.75. The van der Waals surface area contributed by atoms with E-state index in [1.807, 2.05) is 31.2 Å². The van der Waals surface area contributed by atoms with Crippen LogP contribution in [-0.4, -0.2) is 11.7 Å². The quantitative estimate of drug-likeness (QED) is 0.633. The molecule has 1 aliphatic heterocycles. The van der Waals surface area contributed by atoms with Crippen LogP contribution in [0.5, 0.6) is 5.75 Å². The van der Waals surface area contributed by atoms with Crippen LogP contribution in [0.25, 0.3) is 0 Å². The van der Waals surface area contributed by atoms with E-state index in [1.165, 1.54) is 0 Å². The molecule has 2 rings (SSSR count). The van der Waals surface area contributed by atoms with E-state index in [1.54, 1.807) is 0 Å². The maximum Gasteiger partial charge on any atom is 0.125 e. The summed E-state index contributed by atoms with van der Waals surface area (Å²) in [4.78, 5) is 0. The highest BCUT2D eigenvalue weighted by molar-refractivity contribution is 5.36. The summed E-state index contributed by atoms with van der Waals surface area (Å²) >= 11 is 0. The lowest BCUT2D eigenvalue weighted by atomic mass is 9.95. The highest BCUT2D eigenvalue weighted by Crippen LogP contribution is 2.34. The molecule has 0 aliphatic carbocycles. The molecule has 0 spiro atoms. The van der Waals surface area contributed by atoms with Gasteiger partial charge in [0.2, 0.25) is 0 Å². The number of hydrogen-bond acceptors (Lipinski definition) is 2. The lowest BCUT2D eigenvalue weighted by molar-refractivity contribution is 0.0604. The normalized spacial score (nSPS) is 27.5. The Hall–Kier alpha value is -1.02. The van der Waals surface area contributed by atoms with Gasteiger partial charge in [-0.3, -0.25) is 0 Å². The highest BCUT2D eigenvalue weighted by atomic mass is 16.5. The van der Waals surface area contributed by atoms with Crippen LogP contribution >= 0.6 is 0 Å². The van der Waals surface area contributed by atoms with Gasteiger partial charge in [-0.15, -0.1) is 0 Å². The second-order valence-corrected chi connectivity index (χ2v) is 3.27. The van der Waals surface area contributed by atoms with Crippen LogP contribution in [0, 0.1) is 5.92 Å². The molecule has 0 radical (unpaired) electrons. The maximum absolute atomic E-state index is 9.75. The first-order chi connectivity index (χ1) is 5.79. The van der Waals surface area contributed by atoms with Gasteiger partial charge in [0.05, 0.1) is 12.7 Å². The molecule has 1 heterocycles. The zero-order valence-electron chi connectivity index (χ0n) is 7.03. The molecule has 0 unspecified atom stereocenters. The smallest absolute Gasteiger partial charge is 0.125 e. The summed E-state index contributed by atoms with van der Waals surface area (Å²) in [5.41, 5.74) is 0.913. The fourth-order valence-corrected chi connectivity index (χ4v) is 1.48. The van der Waals surface area contributed by atoms with Crippen LogP contribution in [0.2, 0.25) is 0 Å². The second-order valence-electron chi connectivity index (χ2n) is 3.27. The lowest BCUT2D eigenvalue weighted by Crippen LogP contribution is -2.23. The summed E-state index contributed by atoms with van der Waals surface area (Å²) in [5.74, 6) is 1.02. The molecule has 0 saturated carbocycles. The van der Waals surface area contributed by atoms with Crippen molar-refractivity contribution in [3.8, 4) is 5.75 Å². The highest BCUT2D eigenvalue weighted by Gasteiger charge is 2.24. The van der Waals surface area contributed by atoms with Gasteiger partial charge in [-0.1, -0.05) is 25.1 Å². The van der Waals surface area contributed by atoms with Gasteiger partial charge in [0.1, 0.15) is 5.75 Å². The Morgan fingerprint density at radius 2 is 2.17 bits per heavy atom. The Labute approximate surface area is 71.8 Å². The molecule has 0 amide bonds. The van der Waals surface area contributed by atoms with E-state index in [0.717, 1.165) is 11.3 Å². The van der Waals surface area contributed by atoms with Crippen molar-refractivity contribution in [1.29, 1.82) is 0 Å². The van der Waals surface area contributed by atoms with Crippen molar-refractivity contribution in [2.75, 3.05) is 6.61 Å². The van der Waals surface area contributed by atoms with Crippen molar-refractivity contribution in [2.24, 2.45) is 5.92 Å². The van der Waals surface area contributed by atoms with Gasteiger partial charge in [0.15, 0.2) is 0 Å². The van der Waals surface area contributed by atoms with Gasteiger partial charge in [0, 0.05) is 11.5 Å². The largest absolute Gasteiger partial charge is 0.493 e. The fraction of sp³-hybridized carbons (Fsp3) is 0.400. The van der Waals surface area contributed by atoms with Crippen LogP contribution in [0.4, 0.5) is 0 Å². The van der Waals surface area contributed by atoms with Crippen LogP contribution in [0.1, 0.15) is 18.6 Å². The van der Waals surface area contributed by atoms with Crippen molar-refractivity contribution in [3.63, 3.8) is 0 Å². The SMILES string of the molecule is C[C@@H]1COc2ccccc2[C@H]1O. The summed E-state index contributed by atoms with van der Waals surface area (Å²) in [6.45, 7) is 2.60. The molecule has 0 saturated heterocycles. The number of hydrogen-bond donors (Lipinski definition) is 1. The lowest BCUT2D eigenvalue weighted by Gasteiger charge is -2.27. The van der Waals surface area contributed by atoms with Crippen molar-refractivity contribution >= 4 is 0 Å². The Morgan fingerprint density at radius 3 is 3.00 bits per heavy atom. The van der Waals surface area contributed by atoms with Crippen LogP contribution in [-0.2, 0) is 0 Å². The molecule has 64 valence electrons. The third kappa shape index (κ3) is 1.08. The van der Waals surface area contributed by atoms with Crippen LogP contribution < -0.4 is 4.74 Å². The number of aliphatic hydroxyl groups is 1. The first-order valence-corrected chi connectivity index (χ1v) is 4.19. The molecule has 12 heavy (non-hydrogen) atoms. The van der Waals surface area contributed by atoms with E-state index in [4.69, 9.17) is 4.74 Å². The van der Waals surface area contributed by atoms with Crippen molar-refractivity contribution < 1.29 is 9.84 Å². The zero-order valence-corrected chi connectivity index (χ0v) is 7.03. The molecule has 0 fully saturated rings. The minimum atomic E-state index is -0.366. The third-order valence-corrected chi connectivity index (χ3v) is 2.28. The average Bonchev–Trinajstić information content (AvgIpc) is 2.12. The standard InChI is InChI=1S/C10H12O2/c1-7-6-12-9-5-3-2-4-8(9)10(7)11/h2-5,7,10-11H,6H2,1H3/t7-,10+/m1/s1. The number of aliphatic hydroxyl groups excluding tert-OH is 1. The number of benzene rings is 1. The molecular weight excluding hydrogens is 152 g/mol. The van der Waals surface area contributed by atoms with Gasteiger partial charge in [0.25, 0.3) is 0 Å². The van der Waals surface area contributed by atoms with Crippen LogP contribution in [0.3, 0.4) is 0 Å². The number of fused-ring (bicyclic) bond motifs is 1. The summed E-state index contributed by atoms with van der Waals surface area (Å²) in [6.07, 6.45) is -0.366. The molecule has 2 atom stereocenters. The first-order valence-electron chi connectivity index (χ1n) is 4.19. The average molecular weight is 164 g/mol. The van der Waals surface area contributed by atoms with E-state index >= 15 is 0 Å². The van der Waals surface area contributed by atoms with Crippen LogP contribution in [0.15, 0.2) is 24.3 Å². The summed E-state index contributed by atoms with van der Waals surface area (Å²) < 4.78 is 5.45. The minimum absolute atomic E-state index is 0.194. The number of rotatable bonds is 0. The van der Waals surface area contributed by atoms with Crippen molar-refractivity contribution in [3.05, 3.63) is 29.8 Å². The topological polar surface area (TPSA) is 29.5 Å². The van der Waals surface area contributed by atoms with Crippen molar-refractivity contribution in [2.45, 2.75) is 13.0 Å². The predicted molar refractivity (Wildman–Crippen MR) is 46.1 cm³/mol. The molecular formula is C10H12O2. The molecule has 2 heteroatoms. The molecule has 2 nitrogen and oxygen atoms in total. The molecule has 1 aliphatic rings. The minimum Gasteiger partial charge on any atom is -0.493 e. The Kier molecular flexibility index (Phi) is 1.77. The van der Waals surface area contributed by atoms with Gasteiger partial charge in [-0.2, -0.15) is 0 Å². The van der Waals surface area contributed by atoms with Gasteiger partial charge in [-0.05, 0) is 6.07 Å². The summed E-state index contributed by atoms with van der Waals surface area (Å²) in [5, 5.41) is 9.75. The monoisotopic (exact) mass is 164 g/mol. The first kappa shape index (κ1) is 7.62. The Morgan fingerprint density at radius 1 is 1.42 bits per heavy atom. The molecule has 1 N–H and O–H groups in total.